The maximum Gasteiger partial charge on any atom is 0.263 e. The minimum atomic E-state index is -2.47. The van der Waals surface area contributed by atoms with Crippen LogP contribution >= 0.6 is 23.2 Å². The molecule has 5 heteroatoms. The summed E-state index contributed by atoms with van der Waals surface area (Å²) < 4.78 is 29.4. The van der Waals surface area contributed by atoms with Crippen LogP contribution in [0.1, 0.15) is 35.0 Å². The largest absolute Gasteiger partial charge is 0.497 e. The van der Waals surface area contributed by atoms with Crippen LogP contribution < -0.4 is 4.74 Å². The second-order valence-electron chi connectivity index (χ2n) is 5.37. The Bertz CT molecular complexity index is 653. The number of rotatable bonds is 4. The molecule has 22 heavy (non-hydrogen) atoms. The van der Waals surface area contributed by atoms with Crippen molar-refractivity contribution in [1.29, 1.82) is 0 Å². The first-order valence-electron chi connectivity index (χ1n) is 6.85. The summed E-state index contributed by atoms with van der Waals surface area (Å²) in [5.41, 5.74) is 1.88. The van der Waals surface area contributed by atoms with Gasteiger partial charge >= 0.3 is 0 Å². The van der Waals surface area contributed by atoms with Gasteiger partial charge in [0.2, 0.25) is 0 Å². The SMILES string of the molecule is COc1ccc([C@H]2[C@H](c3ccc(C(F)F)cc3)C2(Cl)Cl)cc1. The van der Waals surface area contributed by atoms with Crippen molar-refractivity contribution in [1.82, 2.24) is 0 Å². The monoisotopic (exact) mass is 342 g/mol. The fourth-order valence-electron chi connectivity index (χ4n) is 2.82. The fourth-order valence-corrected chi connectivity index (χ4v) is 3.70. The minimum Gasteiger partial charge on any atom is -0.497 e. The van der Waals surface area contributed by atoms with Gasteiger partial charge in [-0.15, -0.1) is 23.2 Å². The van der Waals surface area contributed by atoms with Crippen molar-refractivity contribution < 1.29 is 13.5 Å². The van der Waals surface area contributed by atoms with Gasteiger partial charge in [-0.05, 0) is 23.3 Å². The predicted molar refractivity (Wildman–Crippen MR) is 84.3 cm³/mol. The van der Waals surface area contributed by atoms with Gasteiger partial charge in [-0.1, -0.05) is 36.4 Å². The molecule has 3 rings (SSSR count). The van der Waals surface area contributed by atoms with Crippen LogP contribution in [0.4, 0.5) is 8.78 Å². The van der Waals surface area contributed by atoms with Gasteiger partial charge in [0.25, 0.3) is 6.43 Å². The maximum absolute atomic E-state index is 12.6. The van der Waals surface area contributed by atoms with Gasteiger partial charge in [0, 0.05) is 17.4 Å². The van der Waals surface area contributed by atoms with E-state index in [0.717, 1.165) is 16.9 Å². The highest BCUT2D eigenvalue weighted by atomic mass is 35.5. The average molecular weight is 343 g/mol. The molecule has 0 N–H and O–H groups in total. The number of ether oxygens (including phenoxy) is 1. The molecular weight excluding hydrogens is 329 g/mol. The summed E-state index contributed by atoms with van der Waals surface area (Å²) in [5.74, 6) is 0.604. The third kappa shape index (κ3) is 2.68. The minimum absolute atomic E-state index is 0.000132. The lowest BCUT2D eigenvalue weighted by molar-refractivity contribution is 0.151. The van der Waals surface area contributed by atoms with Crippen LogP contribution in [0.25, 0.3) is 0 Å². The molecule has 0 aromatic heterocycles. The molecule has 2 aromatic carbocycles. The van der Waals surface area contributed by atoms with Crippen molar-refractivity contribution in [3.63, 3.8) is 0 Å². The Kier molecular flexibility index (Phi) is 4.04. The number of hydrogen-bond donors (Lipinski definition) is 0. The first-order chi connectivity index (χ1) is 10.4. The van der Waals surface area contributed by atoms with E-state index < -0.39 is 10.8 Å². The van der Waals surface area contributed by atoms with Gasteiger partial charge in [0.05, 0.1) is 7.11 Å². The number of halogens is 4. The normalized spacial score (nSPS) is 22.6. The summed E-state index contributed by atoms with van der Waals surface area (Å²) in [6, 6.07) is 13.8. The van der Waals surface area contributed by atoms with Gasteiger partial charge in [0.1, 0.15) is 10.1 Å². The lowest BCUT2D eigenvalue weighted by Crippen LogP contribution is -1.91. The Hall–Kier alpha value is -1.32. The molecule has 0 spiro atoms. The molecule has 1 fully saturated rings. The summed E-state index contributed by atoms with van der Waals surface area (Å²) in [4.78, 5) is 0. The predicted octanol–water partition coefficient (Wildman–Crippen LogP) is 5.69. The van der Waals surface area contributed by atoms with Crippen molar-refractivity contribution in [2.75, 3.05) is 7.11 Å². The van der Waals surface area contributed by atoms with Crippen molar-refractivity contribution in [2.45, 2.75) is 22.6 Å². The van der Waals surface area contributed by atoms with Crippen molar-refractivity contribution >= 4 is 23.2 Å². The Balaban J connectivity index is 1.85. The summed E-state index contributed by atoms with van der Waals surface area (Å²) in [6.07, 6.45) is -2.47. The molecule has 0 bridgehead atoms. The van der Waals surface area contributed by atoms with Gasteiger partial charge in [0.15, 0.2) is 0 Å². The molecule has 1 aliphatic carbocycles. The molecule has 116 valence electrons. The molecule has 2 atom stereocenters. The Morgan fingerprint density at radius 3 is 1.77 bits per heavy atom. The fraction of sp³-hybridized carbons (Fsp3) is 0.294. The third-order valence-electron chi connectivity index (χ3n) is 4.08. The molecule has 0 saturated heterocycles. The summed E-state index contributed by atoms with van der Waals surface area (Å²) in [7, 11) is 1.60. The van der Waals surface area contributed by atoms with E-state index in [0.29, 0.717) is 0 Å². The van der Waals surface area contributed by atoms with Crippen LogP contribution in [-0.2, 0) is 0 Å². The molecule has 0 heterocycles. The molecule has 0 aliphatic heterocycles. The first-order valence-corrected chi connectivity index (χ1v) is 7.60. The van der Waals surface area contributed by atoms with E-state index in [1.807, 2.05) is 24.3 Å². The lowest BCUT2D eigenvalue weighted by Gasteiger charge is -2.04. The highest BCUT2D eigenvalue weighted by Gasteiger charge is 2.64. The van der Waals surface area contributed by atoms with E-state index >= 15 is 0 Å². The standard InChI is InChI=1S/C17H14Cl2F2O/c1-22-13-8-6-11(7-9-13)15-14(17(15,18)19)10-2-4-12(5-3-10)16(20)21/h2-9,14-16H,1H3/t14-,15-/m0/s1. The second kappa shape index (κ2) is 5.71. The van der Waals surface area contributed by atoms with Gasteiger partial charge in [-0.2, -0.15) is 0 Å². The number of hydrogen-bond acceptors (Lipinski definition) is 1. The molecule has 1 aliphatic rings. The van der Waals surface area contributed by atoms with E-state index in [9.17, 15) is 8.78 Å². The molecule has 2 aromatic rings. The van der Waals surface area contributed by atoms with Crippen LogP contribution in [0, 0.1) is 0 Å². The highest BCUT2D eigenvalue weighted by molar-refractivity contribution is 6.52. The van der Waals surface area contributed by atoms with Crippen molar-refractivity contribution in [2.24, 2.45) is 0 Å². The van der Waals surface area contributed by atoms with E-state index in [4.69, 9.17) is 27.9 Å². The number of methoxy groups -OCH3 is 1. The Morgan fingerprint density at radius 1 is 0.909 bits per heavy atom. The zero-order valence-electron chi connectivity index (χ0n) is 11.8. The Labute approximate surface area is 137 Å². The van der Waals surface area contributed by atoms with E-state index in [1.54, 1.807) is 19.2 Å². The van der Waals surface area contributed by atoms with E-state index in [1.165, 1.54) is 12.1 Å². The first kappa shape index (κ1) is 15.6. The molecule has 1 saturated carbocycles. The topological polar surface area (TPSA) is 9.23 Å². The van der Waals surface area contributed by atoms with Gasteiger partial charge in [-0.3, -0.25) is 0 Å². The molecule has 0 radical (unpaired) electrons. The summed E-state index contributed by atoms with van der Waals surface area (Å²) in [5, 5.41) is 0. The second-order valence-corrected chi connectivity index (χ2v) is 6.81. The van der Waals surface area contributed by atoms with Crippen LogP contribution in [0.5, 0.6) is 5.75 Å². The van der Waals surface area contributed by atoms with Crippen LogP contribution in [0.15, 0.2) is 48.5 Å². The zero-order valence-corrected chi connectivity index (χ0v) is 13.3. The van der Waals surface area contributed by atoms with Crippen LogP contribution in [0.2, 0.25) is 0 Å². The summed E-state index contributed by atoms with van der Waals surface area (Å²) in [6.45, 7) is 0. The molecular formula is C17H14Cl2F2O. The smallest absolute Gasteiger partial charge is 0.263 e. The average Bonchev–Trinajstić information content (AvgIpc) is 3.10. The van der Waals surface area contributed by atoms with Gasteiger partial charge in [-0.25, -0.2) is 8.78 Å². The van der Waals surface area contributed by atoms with Crippen molar-refractivity contribution in [3.05, 3.63) is 65.2 Å². The van der Waals surface area contributed by atoms with E-state index in [-0.39, 0.29) is 17.4 Å². The highest BCUT2D eigenvalue weighted by Crippen LogP contribution is 2.70. The Morgan fingerprint density at radius 2 is 1.36 bits per heavy atom. The molecule has 1 nitrogen and oxygen atoms in total. The zero-order chi connectivity index (χ0) is 15.9. The van der Waals surface area contributed by atoms with Crippen LogP contribution in [0.3, 0.4) is 0 Å². The quantitative estimate of drug-likeness (QED) is 0.648. The lowest BCUT2D eigenvalue weighted by atomic mass is 10.0. The number of benzene rings is 2. The van der Waals surface area contributed by atoms with E-state index in [2.05, 4.69) is 0 Å². The number of alkyl halides is 4. The van der Waals surface area contributed by atoms with Gasteiger partial charge < -0.3 is 4.74 Å². The third-order valence-corrected chi connectivity index (χ3v) is 5.02. The maximum atomic E-state index is 12.6. The van der Waals surface area contributed by atoms with Crippen LogP contribution in [-0.4, -0.2) is 11.4 Å². The molecule has 0 unspecified atom stereocenters. The molecule has 0 amide bonds. The summed E-state index contributed by atoms with van der Waals surface area (Å²) >= 11 is 12.8. The van der Waals surface area contributed by atoms with Crippen molar-refractivity contribution in [3.8, 4) is 5.75 Å².